The first-order valence-corrected chi connectivity index (χ1v) is 24.9. The second-order valence-corrected chi connectivity index (χ2v) is 17.2. The van der Waals surface area contributed by atoms with Gasteiger partial charge < -0.3 is 20.3 Å². The molecule has 0 radical (unpaired) electrons. The molecule has 0 aliphatic carbocycles. The molecule has 0 rings (SSSR count). The molecular weight excluding hydrogens is 695 g/mol. The fourth-order valence-corrected chi connectivity index (χ4v) is 7.78. The Morgan fingerprint density at radius 1 is 0.500 bits per heavy atom. The number of carbonyl (C=O) groups excluding carboxylic acids is 2. The highest BCUT2D eigenvalue weighted by Gasteiger charge is 2.24. The molecule has 332 valence electrons. The number of carbonyl (C=O) groups is 2. The zero-order valence-electron chi connectivity index (χ0n) is 37.8. The minimum atomic E-state index is -0.784. The van der Waals surface area contributed by atoms with Gasteiger partial charge in [-0.15, -0.1) is 0 Å². The molecule has 1 amide bonds. The average molecular weight is 792 g/mol. The van der Waals surface area contributed by atoms with Crippen molar-refractivity contribution in [3.63, 3.8) is 0 Å². The molecule has 0 aromatic heterocycles. The van der Waals surface area contributed by atoms with Gasteiger partial charge in [0.25, 0.3) is 0 Å². The molecule has 0 spiro atoms. The summed E-state index contributed by atoms with van der Waals surface area (Å²) in [5.41, 5.74) is 0. The van der Waals surface area contributed by atoms with Crippen molar-refractivity contribution in [1.82, 2.24) is 5.32 Å². The molecular formula is C50H97NO5. The van der Waals surface area contributed by atoms with Gasteiger partial charge in [-0.2, -0.15) is 0 Å². The molecule has 0 bridgehead atoms. The van der Waals surface area contributed by atoms with E-state index >= 15 is 0 Å². The molecule has 0 heterocycles. The van der Waals surface area contributed by atoms with E-state index in [4.69, 9.17) is 4.74 Å². The predicted octanol–water partition coefficient (Wildman–Crippen LogP) is 14.6. The number of amides is 1. The van der Waals surface area contributed by atoms with Crippen molar-refractivity contribution in [1.29, 1.82) is 0 Å². The van der Waals surface area contributed by atoms with Crippen LogP contribution in [0.4, 0.5) is 0 Å². The van der Waals surface area contributed by atoms with Crippen LogP contribution in [0, 0.1) is 0 Å². The maximum Gasteiger partial charge on any atom is 0.306 e. The summed E-state index contributed by atoms with van der Waals surface area (Å²) >= 11 is 0. The van der Waals surface area contributed by atoms with Crippen LogP contribution in [0.1, 0.15) is 271 Å². The first-order valence-electron chi connectivity index (χ1n) is 24.9. The van der Waals surface area contributed by atoms with E-state index in [9.17, 15) is 19.8 Å². The summed E-state index contributed by atoms with van der Waals surface area (Å²) in [5, 5.41) is 23.6. The quantitative estimate of drug-likeness (QED) is 0.0324. The number of hydrogen-bond acceptors (Lipinski definition) is 5. The van der Waals surface area contributed by atoms with E-state index in [0.717, 1.165) is 64.2 Å². The van der Waals surface area contributed by atoms with Crippen molar-refractivity contribution in [2.75, 3.05) is 6.61 Å². The SMILES string of the molecule is CCCCCCCCCCC/C=C/CCCCCC(CC(=O)NC(CO)C(O)CCCCCCCCCCC)OC(=O)CCCCCCCCCCCCCC. The van der Waals surface area contributed by atoms with E-state index in [-0.39, 0.29) is 24.9 Å². The van der Waals surface area contributed by atoms with Gasteiger partial charge in [-0.25, -0.2) is 0 Å². The molecule has 0 fully saturated rings. The van der Waals surface area contributed by atoms with Crippen LogP contribution in [0.15, 0.2) is 12.2 Å². The lowest BCUT2D eigenvalue weighted by Gasteiger charge is -2.24. The number of aliphatic hydroxyl groups excluding tert-OH is 2. The van der Waals surface area contributed by atoms with Crippen LogP contribution in [0.2, 0.25) is 0 Å². The van der Waals surface area contributed by atoms with Gasteiger partial charge >= 0.3 is 5.97 Å². The maximum atomic E-state index is 13.1. The highest BCUT2D eigenvalue weighted by molar-refractivity contribution is 5.77. The van der Waals surface area contributed by atoms with E-state index < -0.39 is 18.2 Å². The van der Waals surface area contributed by atoms with Crippen molar-refractivity contribution in [3.05, 3.63) is 12.2 Å². The lowest BCUT2D eigenvalue weighted by molar-refractivity contribution is -0.151. The number of unbranched alkanes of at least 4 members (excludes halogenated alkanes) is 31. The first-order chi connectivity index (χ1) is 27.5. The van der Waals surface area contributed by atoms with Crippen LogP contribution in [-0.2, 0) is 14.3 Å². The number of allylic oxidation sites excluding steroid dienone is 2. The third-order valence-corrected chi connectivity index (χ3v) is 11.6. The number of rotatable bonds is 45. The lowest BCUT2D eigenvalue weighted by atomic mass is 10.0. The van der Waals surface area contributed by atoms with Gasteiger partial charge in [0, 0.05) is 6.42 Å². The van der Waals surface area contributed by atoms with Crippen molar-refractivity contribution in [3.8, 4) is 0 Å². The number of aliphatic hydroxyl groups is 2. The predicted molar refractivity (Wildman–Crippen MR) is 241 cm³/mol. The van der Waals surface area contributed by atoms with E-state index in [1.54, 1.807) is 0 Å². The molecule has 56 heavy (non-hydrogen) atoms. The third kappa shape index (κ3) is 39.4. The topological polar surface area (TPSA) is 95.9 Å². The van der Waals surface area contributed by atoms with Crippen LogP contribution >= 0.6 is 0 Å². The summed E-state index contributed by atoms with van der Waals surface area (Å²) in [5.74, 6) is -0.476. The zero-order valence-corrected chi connectivity index (χ0v) is 37.8. The van der Waals surface area contributed by atoms with Crippen LogP contribution in [0.25, 0.3) is 0 Å². The summed E-state index contributed by atoms with van der Waals surface area (Å²) in [6.45, 7) is 6.47. The van der Waals surface area contributed by atoms with Crippen LogP contribution < -0.4 is 5.32 Å². The monoisotopic (exact) mass is 792 g/mol. The summed E-state index contributed by atoms with van der Waals surface area (Å²) in [4.78, 5) is 26.0. The highest BCUT2D eigenvalue weighted by atomic mass is 16.5. The second-order valence-electron chi connectivity index (χ2n) is 17.2. The Bertz CT molecular complexity index is 847. The Morgan fingerprint density at radius 2 is 0.857 bits per heavy atom. The molecule has 3 unspecified atom stereocenters. The van der Waals surface area contributed by atoms with E-state index in [0.29, 0.717) is 19.3 Å². The molecule has 0 saturated heterocycles. The van der Waals surface area contributed by atoms with Crippen molar-refractivity contribution in [2.45, 2.75) is 289 Å². The Kier molecular flexibility index (Phi) is 43.6. The Morgan fingerprint density at radius 3 is 1.29 bits per heavy atom. The van der Waals surface area contributed by atoms with E-state index in [1.165, 1.54) is 161 Å². The molecule has 0 aromatic rings. The number of hydrogen-bond donors (Lipinski definition) is 3. The maximum absolute atomic E-state index is 13.1. The fourth-order valence-electron chi connectivity index (χ4n) is 7.78. The number of esters is 1. The molecule has 0 aliphatic heterocycles. The number of nitrogens with one attached hydrogen (secondary N) is 1. The second kappa shape index (κ2) is 44.7. The Hall–Kier alpha value is -1.40. The molecule has 0 aromatic carbocycles. The summed E-state index contributed by atoms with van der Waals surface area (Å²) in [6.07, 6.45) is 48.5. The molecule has 6 nitrogen and oxygen atoms in total. The van der Waals surface area contributed by atoms with Gasteiger partial charge in [0.15, 0.2) is 0 Å². The van der Waals surface area contributed by atoms with Gasteiger partial charge in [-0.3, -0.25) is 9.59 Å². The minimum absolute atomic E-state index is 0.0735. The van der Waals surface area contributed by atoms with Crippen molar-refractivity contribution in [2.24, 2.45) is 0 Å². The van der Waals surface area contributed by atoms with Crippen molar-refractivity contribution < 1.29 is 24.5 Å². The van der Waals surface area contributed by atoms with Crippen LogP contribution in [0.3, 0.4) is 0 Å². The molecule has 0 saturated carbocycles. The molecule has 0 aliphatic rings. The van der Waals surface area contributed by atoms with Gasteiger partial charge in [0.2, 0.25) is 5.91 Å². The van der Waals surface area contributed by atoms with E-state index in [1.807, 2.05) is 0 Å². The molecule has 6 heteroatoms. The summed E-state index contributed by atoms with van der Waals surface area (Å²) < 4.78 is 5.92. The van der Waals surface area contributed by atoms with Gasteiger partial charge in [0.1, 0.15) is 6.10 Å². The smallest absolute Gasteiger partial charge is 0.306 e. The van der Waals surface area contributed by atoms with Crippen LogP contribution in [-0.4, -0.2) is 46.9 Å². The highest BCUT2D eigenvalue weighted by Crippen LogP contribution is 2.18. The van der Waals surface area contributed by atoms with Gasteiger partial charge in [-0.1, -0.05) is 219 Å². The van der Waals surface area contributed by atoms with E-state index in [2.05, 4.69) is 38.2 Å². The summed E-state index contributed by atoms with van der Waals surface area (Å²) in [7, 11) is 0. The minimum Gasteiger partial charge on any atom is -0.462 e. The molecule has 3 atom stereocenters. The zero-order chi connectivity index (χ0) is 41.0. The average Bonchev–Trinajstić information content (AvgIpc) is 3.19. The lowest BCUT2D eigenvalue weighted by Crippen LogP contribution is -2.46. The Labute approximate surface area is 349 Å². The summed E-state index contributed by atoms with van der Waals surface area (Å²) in [6, 6.07) is -0.698. The van der Waals surface area contributed by atoms with Gasteiger partial charge in [0.05, 0.1) is 25.2 Å². The standard InChI is InChI=1S/C50H97NO5/c1-4-7-10-13-16-19-21-23-24-25-26-27-30-32-35-38-41-46(56-50(55)43-40-37-34-31-28-22-20-17-14-11-8-5-2)44-49(54)51-47(45-52)48(53)42-39-36-33-29-18-15-12-9-6-3/h26-27,46-48,52-53H,4-25,28-45H2,1-3H3,(H,51,54)/b27-26+. The fraction of sp³-hybridized carbons (Fsp3) is 0.920. The van der Waals surface area contributed by atoms with Gasteiger partial charge in [-0.05, 0) is 51.4 Å². The van der Waals surface area contributed by atoms with Crippen LogP contribution in [0.5, 0.6) is 0 Å². The Balaban J connectivity index is 4.57. The normalized spacial score (nSPS) is 13.3. The number of ether oxygens (including phenoxy) is 1. The largest absolute Gasteiger partial charge is 0.462 e. The third-order valence-electron chi connectivity index (χ3n) is 11.6. The van der Waals surface area contributed by atoms with Crippen molar-refractivity contribution >= 4 is 11.9 Å². The first kappa shape index (κ1) is 54.6. The molecule has 3 N–H and O–H groups in total.